The summed E-state index contributed by atoms with van der Waals surface area (Å²) in [6, 6.07) is 5.70. The molecule has 0 radical (unpaired) electrons. The predicted octanol–water partition coefficient (Wildman–Crippen LogP) is 1.76. The number of aromatic nitrogens is 1. The summed E-state index contributed by atoms with van der Waals surface area (Å²) < 4.78 is 5.64. The molecular formula is C18H23N3O3. The Morgan fingerprint density at radius 2 is 2.08 bits per heavy atom. The Morgan fingerprint density at radius 1 is 1.33 bits per heavy atom. The van der Waals surface area contributed by atoms with Gasteiger partial charge in [0, 0.05) is 35.8 Å². The molecule has 2 aromatic rings. The molecule has 6 heteroatoms. The van der Waals surface area contributed by atoms with E-state index in [1.165, 1.54) is 0 Å². The number of morpholine rings is 1. The van der Waals surface area contributed by atoms with Crippen molar-refractivity contribution in [3.05, 3.63) is 35.0 Å². The van der Waals surface area contributed by atoms with Crippen molar-refractivity contribution in [2.24, 2.45) is 0 Å². The molecule has 0 spiro atoms. The van der Waals surface area contributed by atoms with Crippen LogP contribution in [0.15, 0.2) is 18.2 Å². The summed E-state index contributed by atoms with van der Waals surface area (Å²) in [5.74, 6) is -0.284. The lowest BCUT2D eigenvalue weighted by molar-refractivity contribution is -0.153. The first-order valence-electron chi connectivity index (χ1n) is 8.10. The minimum atomic E-state index is -1.01. The fourth-order valence-corrected chi connectivity index (χ4v) is 3.34. The Labute approximate surface area is 141 Å². The normalized spacial score (nSPS) is 21.1. The molecular weight excluding hydrogens is 306 g/mol. The lowest BCUT2D eigenvalue weighted by Crippen LogP contribution is -2.58. The summed E-state index contributed by atoms with van der Waals surface area (Å²) in [6.45, 7) is 6.79. The molecule has 128 valence electrons. The Hall–Kier alpha value is -2.34. The van der Waals surface area contributed by atoms with Gasteiger partial charge >= 0.3 is 0 Å². The lowest BCUT2D eigenvalue weighted by atomic mass is 10.0. The van der Waals surface area contributed by atoms with Crippen molar-refractivity contribution in [3.8, 4) is 0 Å². The molecule has 0 bridgehead atoms. The van der Waals surface area contributed by atoms with E-state index in [2.05, 4.69) is 10.3 Å². The molecule has 3 rings (SSSR count). The van der Waals surface area contributed by atoms with Crippen molar-refractivity contribution in [1.82, 2.24) is 15.2 Å². The maximum Gasteiger partial charge on any atom is 0.254 e. The monoisotopic (exact) mass is 329 g/mol. The maximum absolute atomic E-state index is 13.1. The first-order valence-corrected chi connectivity index (χ1v) is 8.10. The van der Waals surface area contributed by atoms with Crippen LogP contribution in [0.5, 0.6) is 0 Å². The van der Waals surface area contributed by atoms with Crippen LogP contribution in [0.3, 0.4) is 0 Å². The SMILES string of the molecule is CNC(=O)[C@]1(C)CN(C(=O)c2cccc3[nH]c(C)c(C)c23)CCO1. The van der Waals surface area contributed by atoms with Gasteiger partial charge in [0.05, 0.1) is 13.2 Å². The summed E-state index contributed by atoms with van der Waals surface area (Å²) in [7, 11) is 1.57. The van der Waals surface area contributed by atoms with Gasteiger partial charge in [-0.15, -0.1) is 0 Å². The molecule has 2 heterocycles. The van der Waals surface area contributed by atoms with Gasteiger partial charge in [0.1, 0.15) is 0 Å². The Balaban J connectivity index is 1.96. The molecule has 0 saturated carbocycles. The number of aromatic amines is 1. The van der Waals surface area contributed by atoms with Crippen molar-refractivity contribution in [2.45, 2.75) is 26.4 Å². The smallest absolute Gasteiger partial charge is 0.254 e. The fraction of sp³-hybridized carbons (Fsp3) is 0.444. The number of carbonyl (C=O) groups excluding carboxylic acids is 2. The molecule has 1 fully saturated rings. The molecule has 2 N–H and O–H groups in total. The molecule has 1 saturated heterocycles. The highest BCUT2D eigenvalue weighted by molar-refractivity contribution is 6.08. The lowest BCUT2D eigenvalue weighted by Gasteiger charge is -2.39. The molecule has 0 aliphatic carbocycles. The summed E-state index contributed by atoms with van der Waals surface area (Å²) in [5, 5.41) is 3.56. The van der Waals surface area contributed by atoms with Gasteiger partial charge in [-0.05, 0) is 38.5 Å². The molecule has 1 atom stereocenters. The first kappa shape index (κ1) is 16.5. The van der Waals surface area contributed by atoms with Crippen LogP contribution in [0.25, 0.3) is 10.9 Å². The van der Waals surface area contributed by atoms with Crippen LogP contribution in [0.4, 0.5) is 0 Å². The summed E-state index contributed by atoms with van der Waals surface area (Å²) in [6.07, 6.45) is 0. The summed E-state index contributed by atoms with van der Waals surface area (Å²) >= 11 is 0. The number of H-pyrrole nitrogens is 1. The Kier molecular flexibility index (Phi) is 4.09. The molecule has 24 heavy (non-hydrogen) atoms. The van der Waals surface area contributed by atoms with E-state index in [4.69, 9.17) is 4.74 Å². The number of likely N-dealkylation sites (N-methyl/N-ethyl adjacent to an activating group) is 1. The minimum Gasteiger partial charge on any atom is -0.362 e. The number of hydrogen-bond acceptors (Lipinski definition) is 3. The number of benzene rings is 1. The second-order valence-electron chi connectivity index (χ2n) is 6.49. The van der Waals surface area contributed by atoms with Crippen molar-refractivity contribution < 1.29 is 14.3 Å². The standard InChI is InChI=1S/C18H23N3O3/c1-11-12(2)20-14-7-5-6-13(15(11)14)16(22)21-8-9-24-18(3,10-21)17(23)19-4/h5-7,20H,8-10H2,1-4H3,(H,19,23)/t18-/m0/s1. The zero-order valence-corrected chi connectivity index (χ0v) is 14.5. The van der Waals surface area contributed by atoms with Gasteiger partial charge in [0.25, 0.3) is 11.8 Å². The van der Waals surface area contributed by atoms with E-state index in [1.54, 1.807) is 18.9 Å². The van der Waals surface area contributed by atoms with E-state index in [0.29, 0.717) is 18.7 Å². The third kappa shape index (κ3) is 2.57. The molecule has 2 amide bonds. The van der Waals surface area contributed by atoms with E-state index in [0.717, 1.165) is 22.2 Å². The van der Waals surface area contributed by atoms with Gasteiger partial charge in [-0.3, -0.25) is 9.59 Å². The van der Waals surface area contributed by atoms with Gasteiger partial charge in [-0.25, -0.2) is 0 Å². The van der Waals surface area contributed by atoms with Crippen LogP contribution in [0, 0.1) is 13.8 Å². The predicted molar refractivity (Wildman–Crippen MR) is 92.1 cm³/mol. The minimum absolute atomic E-state index is 0.0684. The zero-order valence-electron chi connectivity index (χ0n) is 14.5. The molecule has 1 aromatic carbocycles. The van der Waals surface area contributed by atoms with E-state index in [9.17, 15) is 9.59 Å². The van der Waals surface area contributed by atoms with Crippen LogP contribution >= 0.6 is 0 Å². The average Bonchev–Trinajstić information content (AvgIpc) is 2.88. The van der Waals surface area contributed by atoms with Gasteiger partial charge in [-0.2, -0.15) is 0 Å². The first-order chi connectivity index (χ1) is 11.4. The van der Waals surface area contributed by atoms with Crippen LogP contribution in [-0.4, -0.2) is 54.0 Å². The topological polar surface area (TPSA) is 74.4 Å². The van der Waals surface area contributed by atoms with Crippen LogP contribution in [0.1, 0.15) is 28.5 Å². The third-order valence-corrected chi connectivity index (χ3v) is 4.82. The zero-order chi connectivity index (χ0) is 17.5. The maximum atomic E-state index is 13.1. The van der Waals surface area contributed by atoms with Gasteiger partial charge in [-0.1, -0.05) is 6.07 Å². The number of aryl methyl sites for hydroxylation is 2. The highest BCUT2D eigenvalue weighted by Gasteiger charge is 2.40. The van der Waals surface area contributed by atoms with Crippen molar-refractivity contribution in [2.75, 3.05) is 26.7 Å². The largest absolute Gasteiger partial charge is 0.362 e. The van der Waals surface area contributed by atoms with E-state index < -0.39 is 5.60 Å². The second-order valence-corrected chi connectivity index (χ2v) is 6.49. The highest BCUT2D eigenvalue weighted by Crippen LogP contribution is 2.27. The number of nitrogens with zero attached hydrogens (tertiary/aromatic N) is 1. The number of ether oxygens (including phenoxy) is 1. The third-order valence-electron chi connectivity index (χ3n) is 4.82. The van der Waals surface area contributed by atoms with E-state index in [-0.39, 0.29) is 18.4 Å². The van der Waals surface area contributed by atoms with Gasteiger partial charge < -0.3 is 19.9 Å². The molecule has 1 aliphatic heterocycles. The molecule has 1 aromatic heterocycles. The average molecular weight is 329 g/mol. The van der Waals surface area contributed by atoms with Crippen LogP contribution in [0.2, 0.25) is 0 Å². The summed E-state index contributed by atoms with van der Waals surface area (Å²) in [5.41, 5.74) is 2.74. The van der Waals surface area contributed by atoms with Gasteiger partial charge in [0.2, 0.25) is 0 Å². The van der Waals surface area contributed by atoms with Crippen LogP contribution in [-0.2, 0) is 9.53 Å². The highest BCUT2D eigenvalue weighted by atomic mass is 16.5. The Bertz CT molecular complexity index is 811. The molecule has 6 nitrogen and oxygen atoms in total. The fourth-order valence-electron chi connectivity index (χ4n) is 3.34. The molecule has 1 aliphatic rings. The number of nitrogens with one attached hydrogen (secondary N) is 2. The van der Waals surface area contributed by atoms with E-state index in [1.807, 2.05) is 32.0 Å². The summed E-state index contributed by atoms with van der Waals surface area (Å²) in [4.78, 5) is 30.2. The Morgan fingerprint density at radius 3 is 2.79 bits per heavy atom. The number of hydrogen-bond donors (Lipinski definition) is 2. The number of rotatable bonds is 2. The number of carbonyl (C=O) groups is 2. The van der Waals surface area contributed by atoms with Crippen molar-refractivity contribution >= 4 is 22.7 Å². The van der Waals surface area contributed by atoms with Crippen molar-refractivity contribution in [1.29, 1.82) is 0 Å². The van der Waals surface area contributed by atoms with Gasteiger partial charge in [0.15, 0.2) is 5.60 Å². The van der Waals surface area contributed by atoms with Crippen LogP contribution < -0.4 is 5.32 Å². The second kappa shape index (κ2) is 5.94. The molecule has 0 unspecified atom stereocenters. The number of amides is 2. The van der Waals surface area contributed by atoms with Crippen molar-refractivity contribution in [3.63, 3.8) is 0 Å². The van der Waals surface area contributed by atoms with E-state index >= 15 is 0 Å². The number of fused-ring (bicyclic) bond motifs is 1. The quantitative estimate of drug-likeness (QED) is 0.882.